The largest absolute Gasteiger partial charge is 0.394 e. The quantitative estimate of drug-likeness (QED) is 0.875. The zero-order valence-electron chi connectivity index (χ0n) is 11.4. The first-order chi connectivity index (χ1) is 8.04. The molecule has 2 N–H and O–H groups in total. The molecular weight excluding hydrogens is 212 g/mol. The molecule has 0 radical (unpaired) electrons. The van der Waals surface area contributed by atoms with Crippen LogP contribution in [-0.2, 0) is 6.54 Å². The predicted molar refractivity (Wildman–Crippen MR) is 72.2 cm³/mol. The van der Waals surface area contributed by atoms with Crippen molar-refractivity contribution in [3.63, 3.8) is 0 Å². The highest BCUT2D eigenvalue weighted by atomic mass is 15.4. The highest BCUT2D eigenvalue weighted by Gasteiger charge is 2.28. The van der Waals surface area contributed by atoms with Crippen molar-refractivity contribution in [1.29, 1.82) is 0 Å². The van der Waals surface area contributed by atoms with E-state index in [1.165, 1.54) is 6.42 Å². The maximum absolute atomic E-state index is 6.16. The van der Waals surface area contributed by atoms with Gasteiger partial charge in [-0.1, -0.05) is 13.8 Å². The van der Waals surface area contributed by atoms with Gasteiger partial charge in [-0.25, -0.2) is 4.68 Å². The highest BCUT2D eigenvalue weighted by Crippen LogP contribution is 2.33. The van der Waals surface area contributed by atoms with Gasteiger partial charge in [0.1, 0.15) is 0 Å². The van der Waals surface area contributed by atoms with E-state index in [0.717, 1.165) is 48.7 Å². The number of hydrogen-bond donors (Lipinski definition) is 1. The van der Waals surface area contributed by atoms with Crippen molar-refractivity contribution < 1.29 is 0 Å². The lowest BCUT2D eigenvalue weighted by Crippen LogP contribution is -2.24. The number of nitrogen functional groups attached to an aromatic ring is 1. The van der Waals surface area contributed by atoms with E-state index in [-0.39, 0.29) is 0 Å². The number of nitrogens with zero attached hydrogens (tertiary/aromatic N) is 3. The number of hydrogen-bond acceptors (Lipinski definition) is 3. The average molecular weight is 236 g/mol. The van der Waals surface area contributed by atoms with Crippen molar-refractivity contribution in [2.45, 2.75) is 40.7 Å². The van der Waals surface area contributed by atoms with Crippen LogP contribution in [0.25, 0.3) is 0 Å². The van der Waals surface area contributed by atoms with E-state index < -0.39 is 0 Å². The van der Waals surface area contributed by atoms with E-state index in [0.29, 0.717) is 0 Å². The summed E-state index contributed by atoms with van der Waals surface area (Å²) in [4.78, 5) is 2.41. The Balaban J connectivity index is 2.24. The fraction of sp³-hybridized carbons (Fsp3) is 0.769. The third-order valence-electron chi connectivity index (χ3n) is 3.91. The molecule has 1 aromatic heterocycles. The van der Waals surface area contributed by atoms with Gasteiger partial charge in [-0.2, -0.15) is 5.10 Å². The summed E-state index contributed by atoms with van der Waals surface area (Å²) in [6, 6.07) is 0. The Bertz CT molecular complexity index is 394. The SMILES string of the molecule is CCn1nc(C)c(N)c1N1CCC(C(C)C)C1. The molecule has 1 aliphatic rings. The second-order valence-corrected chi connectivity index (χ2v) is 5.38. The molecule has 0 aromatic carbocycles. The van der Waals surface area contributed by atoms with Gasteiger partial charge in [-0.05, 0) is 32.1 Å². The van der Waals surface area contributed by atoms with Gasteiger partial charge in [-0.3, -0.25) is 0 Å². The Morgan fingerprint density at radius 1 is 1.47 bits per heavy atom. The van der Waals surface area contributed by atoms with E-state index in [1.54, 1.807) is 0 Å². The third-order valence-corrected chi connectivity index (χ3v) is 3.91. The fourth-order valence-electron chi connectivity index (χ4n) is 2.66. The number of rotatable bonds is 3. The van der Waals surface area contributed by atoms with Gasteiger partial charge in [0.05, 0.1) is 11.4 Å². The molecule has 0 saturated carbocycles. The zero-order valence-corrected chi connectivity index (χ0v) is 11.4. The first-order valence-corrected chi connectivity index (χ1v) is 6.62. The van der Waals surface area contributed by atoms with Gasteiger partial charge < -0.3 is 10.6 Å². The molecule has 0 aliphatic carbocycles. The molecule has 0 bridgehead atoms. The Morgan fingerprint density at radius 3 is 2.71 bits per heavy atom. The van der Waals surface area contributed by atoms with Gasteiger partial charge in [0, 0.05) is 19.6 Å². The van der Waals surface area contributed by atoms with Crippen molar-refractivity contribution in [2.24, 2.45) is 11.8 Å². The minimum absolute atomic E-state index is 0.750. The second kappa shape index (κ2) is 4.59. The monoisotopic (exact) mass is 236 g/mol. The summed E-state index contributed by atoms with van der Waals surface area (Å²) in [6.07, 6.45) is 1.27. The number of nitrogens with two attached hydrogens (primary N) is 1. The number of aryl methyl sites for hydroxylation is 2. The van der Waals surface area contributed by atoms with Crippen molar-refractivity contribution in [3.05, 3.63) is 5.69 Å². The summed E-state index contributed by atoms with van der Waals surface area (Å²) >= 11 is 0. The lowest BCUT2D eigenvalue weighted by Gasteiger charge is -2.21. The molecular formula is C13H24N4. The van der Waals surface area contributed by atoms with Crippen molar-refractivity contribution >= 4 is 11.5 Å². The summed E-state index contributed by atoms with van der Waals surface area (Å²) in [5.41, 5.74) is 7.97. The predicted octanol–water partition coefficient (Wildman–Crippen LogP) is 2.28. The average Bonchev–Trinajstić information content (AvgIpc) is 2.85. The molecule has 4 heteroatoms. The van der Waals surface area contributed by atoms with Crippen LogP contribution in [0.2, 0.25) is 0 Å². The minimum atomic E-state index is 0.750. The normalized spacial score (nSPS) is 20.5. The topological polar surface area (TPSA) is 47.1 Å². The molecule has 1 aromatic rings. The van der Waals surface area contributed by atoms with Crippen LogP contribution in [0.15, 0.2) is 0 Å². The lowest BCUT2D eigenvalue weighted by molar-refractivity contribution is 0.422. The van der Waals surface area contributed by atoms with Gasteiger partial charge in [0.2, 0.25) is 0 Å². The summed E-state index contributed by atoms with van der Waals surface area (Å²) < 4.78 is 2.04. The van der Waals surface area contributed by atoms with Gasteiger partial charge in [-0.15, -0.1) is 0 Å². The van der Waals surface area contributed by atoms with Crippen LogP contribution >= 0.6 is 0 Å². The van der Waals surface area contributed by atoms with Crippen LogP contribution in [-0.4, -0.2) is 22.9 Å². The summed E-state index contributed by atoms with van der Waals surface area (Å²) in [5.74, 6) is 2.67. The Kier molecular flexibility index (Phi) is 3.31. The summed E-state index contributed by atoms with van der Waals surface area (Å²) in [6.45, 7) is 11.8. The van der Waals surface area contributed by atoms with E-state index in [4.69, 9.17) is 5.73 Å². The van der Waals surface area contributed by atoms with Crippen LogP contribution in [0.1, 0.15) is 32.9 Å². The smallest absolute Gasteiger partial charge is 0.150 e. The molecule has 0 spiro atoms. The van der Waals surface area contributed by atoms with Crippen LogP contribution in [0.5, 0.6) is 0 Å². The van der Waals surface area contributed by atoms with E-state index in [9.17, 15) is 0 Å². The molecule has 1 unspecified atom stereocenters. The Hall–Kier alpha value is -1.19. The third kappa shape index (κ3) is 2.13. The van der Waals surface area contributed by atoms with Crippen molar-refractivity contribution in [1.82, 2.24) is 9.78 Å². The first kappa shape index (κ1) is 12.3. The maximum Gasteiger partial charge on any atom is 0.150 e. The van der Waals surface area contributed by atoms with Gasteiger partial charge in [0.15, 0.2) is 5.82 Å². The Morgan fingerprint density at radius 2 is 2.18 bits per heavy atom. The van der Waals surface area contributed by atoms with Gasteiger partial charge in [0.25, 0.3) is 0 Å². The van der Waals surface area contributed by atoms with E-state index >= 15 is 0 Å². The van der Waals surface area contributed by atoms with Gasteiger partial charge >= 0.3 is 0 Å². The van der Waals surface area contributed by atoms with Crippen LogP contribution in [0.4, 0.5) is 11.5 Å². The number of aromatic nitrogens is 2. The first-order valence-electron chi connectivity index (χ1n) is 6.62. The molecule has 1 aliphatic heterocycles. The summed E-state index contributed by atoms with van der Waals surface area (Å²) in [5, 5.41) is 4.49. The molecule has 1 saturated heterocycles. The van der Waals surface area contributed by atoms with E-state index in [2.05, 4.69) is 30.8 Å². The van der Waals surface area contributed by atoms with Crippen LogP contribution in [0.3, 0.4) is 0 Å². The number of anilines is 2. The van der Waals surface area contributed by atoms with Crippen molar-refractivity contribution in [2.75, 3.05) is 23.7 Å². The minimum Gasteiger partial charge on any atom is -0.394 e. The van der Waals surface area contributed by atoms with Crippen LogP contribution < -0.4 is 10.6 Å². The maximum atomic E-state index is 6.16. The molecule has 17 heavy (non-hydrogen) atoms. The second-order valence-electron chi connectivity index (χ2n) is 5.38. The molecule has 4 nitrogen and oxygen atoms in total. The molecule has 96 valence electrons. The molecule has 2 rings (SSSR count). The fourth-order valence-corrected chi connectivity index (χ4v) is 2.66. The zero-order chi connectivity index (χ0) is 12.6. The molecule has 2 heterocycles. The van der Waals surface area contributed by atoms with E-state index in [1.807, 2.05) is 11.6 Å². The summed E-state index contributed by atoms with van der Waals surface area (Å²) in [7, 11) is 0. The molecule has 1 atom stereocenters. The highest BCUT2D eigenvalue weighted by molar-refractivity contribution is 5.66. The Labute approximate surface area is 104 Å². The van der Waals surface area contributed by atoms with Crippen molar-refractivity contribution in [3.8, 4) is 0 Å². The molecule has 0 amide bonds. The van der Waals surface area contributed by atoms with Crippen LogP contribution in [0, 0.1) is 18.8 Å². The lowest BCUT2D eigenvalue weighted by atomic mass is 9.95. The standard InChI is InChI=1S/C13H24N4/c1-5-17-13(12(14)10(4)15-17)16-7-6-11(8-16)9(2)3/h9,11H,5-8,14H2,1-4H3. The molecule has 1 fully saturated rings.